The minimum atomic E-state index is -0.424. The summed E-state index contributed by atoms with van der Waals surface area (Å²) in [5, 5.41) is 13.1. The number of hydrogen-bond donors (Lipinski definition) is 0. The van der Waals surface area contributed by atoms with E-state index >= 15 is 0 Å². The molecular weight excluding hydrogens is 405 g/mol. The number of halogens is 1. The first-order valence-corrected chi connectivity index (χ1v) is 10.1. The Morgan fingerprint density at radius 3 is 2.70 bits per heavy atom. The Balaban J connectivity index is 1.44. The van der Waals surface area contributed by atoms with E-state index in [1.807, 2.05) is 34.9 Å². The average Bonchev–Trinajstić information content (AvgIpc) is 3.40. The first kappa shape index (κ1) is 19.8. The quantitative estimate of drug-likeness (QED) is 0.289. The third-order valence-electron chi connectivity index (χ3n) is 4.12. The Morgan fingerprint density at radius 1 is 1.10 bits per heavy atom. The maximum Gasteiger partial charge on any atom is 0.237 e. The fourth-order valence-corrected chi connectivity index (χ4v) is 3.50. The van der Waals surface area contributed by atoms with Gasteiger partial charge in [0.2, 0.25) is 11.7 Å². The van der Waals surface area contributed by atoms with Gasteiger partial charge in [-0.15, -0.1) is 16.8 Å². The number of allylic oxidation sites excluding steroid dienone is 1. The van der Waals surface area contributed by atoms with Gasteiger partial charge in [-0.3, -0.25) is 4.57 Å². The Bertz CT molecular complexity index is 1130. The molecule has 0 unspecified atom stereocenters. The van der Waals surface area contributed by atoms with Crippen LogP contribution < -0.4 is 4.74 Å². The third-order valence-corrected chi connectivity index (χ3v) is 5.07. The van der Waals surface area contributed by atoms with Gasteiger partial charge in [0.25, 0.3) is 0 Å². The summed E-state index contributed by atoms with van der Waals surface area (Å²) in [5.74, 6) is 1.76. The monoisotopic (exact) mass is 423 g/mol. The van der Waals surface area contributed by atoms with Crippen LogP contribution in [0.25, 0.3) is 11.4 Å². The van der Waals surface area contributed by atoms with Crippen molar-refractivity contribution in [2.45, 2.75) is 24.1 Å². The molecule has 2 heterocycles. The molecule has 152 valence electrons. The van der Waals surface area contributed by atoms with Gasteiger partial charge in [-0.1, -0.05) is 65.5 Å². The number of hydrogen-bond acceptors (Lipinski definition) is 7. The van der Waals surface area contributed by atoms with Crippen molar-refractivity contribution in [1.82, 2.24) is 24.9 Å². The van der Waals surface area contributed by atoms with Gasteiger partial charge in [-0.25, -0.2) is 4.39 Å². The summed E-state index contributed by atoms with van der Waals surface area (Å²) in [7, 11) is 0. The second kappa shape index (κ2) is 9.36. The zero-order chi connectivity index (χ0) is 20.8. The standard InChI is InChI=1S/C21H18FN5O2S/c1-2-12-27-18(13-28-17-11-7-6-10-16(17)22)24-25-21(27)30-14-19-23-20(26-29-19)15-8-4-3-5-9-15/h2-11H,1,12-14H2. The minimum absolute atomic E-state index is 0.0844. The Labute approximate surface area is 176 Å². The summed E-state index contributed by atoms with van der Waals surface area (Å²) in [6.07, 6.45) is 1.74. The van der Waals surface area contributed by atoms with Crippen molar-refractivity contribution in [3.63, 3.8) is 0 Å². The molecule has 0 saturated heterocycles. The van der Waals surface area contributed by atoms with E-state index in [1.165, 1.54) is 17.8 Å². The normalized spacial score (nSPS) is 10.8. The lowest BCUT2D eigenvalue weighted by Gasteiger charge is -2.09. The Kier molecular flexibility index (Phi) is 6.19. The van der Waals surface area contributed by atoms with Crippen LogP contribution in [-0.4, -0.2) is 24.9 Å². The summed E-state index contributed by atoms with van der Waals surface area (Å²) >= 11 is 1.41. The predicted octanol–water partition coefficient (Wildman–Crippen LogP) is 4.52. The van der Waals surface area contributed by atoms with Crippen LogP contribution in [0.1, 0.15) is 11.7 Å². The van der Waals surface area contributed by atoms with Crippen LogP contribution in [0.5, 0.6) is 5.75 Å². The second-order valence-corrected chi connectivity index (χ2v) is 7.13. The van der Waals surface area contributed by atoms with E-state index in [1.54, 1.807) is 24.3 Å². The van der Waals surface area contributed by atoms with Gasteiger partial charge in [0.1, 0.15) is 6.61 Å². The molecule has 2 aromatic carbocycles. The number of ether oxygens (including phenoxy) is 1. The molecular formula is C21H18FN5O2S. The zero-order valence-corrected chi connectivity index (χ0v) is 16.8. The molecule has 0 bridgehead atoms. The molecule has 0 N–H and O–H groups in total. The first-order chi connectivity index (χ1) is 14.7. The SMILES string of the molecule is C=CCn1c(COc2ccccc2F)nnc1SCc1nc(-c2ccccc2)no1. The van der Waals surface area contributed by atoms with Crippen LogP contribution in [0.4, 0.5) is 4.39 Å². The lowest BCUT2D eigenvalue weighted by Crippen LogP contribution is -2.08. The van der Waals surface area contributed by atoms with Gasteiger partial charge in [0.15, 0.2) is 22.5 Å². The number of para-hydroxylation sites is 1. The lowest BCUT2D eigenvalue weighted by molar-refractivity contribution is 0.275. The molecule has 0 saturated carbocycles. The fraction of sp³-hybridized carbons (Fsp3) is 0.143. The topological polar surface area (TPSA) is 78.9 Å². The van der Waals surface area contributed by atoms with Gasteiger partial charge in [0.05, 0.1) is 5.75 Å². The molecule has 0 atom stereocenters. The largest absolute Gasteiger partial charge is 0.483 e. The average molecular weight is 423 g/mol. The Morgan fingerprint density at radius 2 is 1.90 bits per heavy atom. The molecule has 0 fully saturated rings. The first-order valence-electron chi connectivity index (χ1n) is 9.15. The molecule has 4 aromatic rings. The highest BCUT2D eigenvalue weighted by Gasteiger charge is 2.15. The smallest absolute Gasteiger partial charge is 0.237 e. The Hall–Kier alpha value is -3.46. The predicted molar refractivity (Wildman–Crippen MR) is 110 cm³/mol. The van der Waals surface area contributed by atoms with Crippen molar-refractivity contribution < 1.29 is 13.7 Å². The number of aromatic nitrogens is 5. The van der Waals surface area contributed by atoms with Gasteiger partial charge in [-0.2, -0.15) is 4.98 Å². The van der Waals surface area contributed by atoms with E-state index in [9.17, 15) is 4.39 Å². The molecule has 4 rings (SSSR count). The lowest BCUT2D eigenvalue weighted by atomic mass is 10.2. The van der Waals surface area contributed by atoms with Crippen molar-refractivity contribution >= 4 is 11.8 Å². The third kappa shape index (κ3) is 4.57. The number of nitrogens with zero attached hydrogens (tertiary/aromatic N) is 5. The summed E-state index contributed by atoms with van der Waals surface area (Å²) < 4.78 is 26.5. The van der Waals surface area contributed by atoms with Crippen molar-refractivity contribution in [2.75, 3.05) is 0 Å². The van der Waals surface area contributed by atoms with Gasteiger partial charge in [-0.05, 0) is 12.1 Å². The molecule has 0 radical (unpaired) electrons. The van der Waals surface area contributed by atoms with Crippen LogP contribution >= 0.6 is 11.8 Å². The molecule has 0 aliphatic heterocycles. The van der Waals surface area contributed by atoms with Crippen molar-refractivity contribution in [1.29, 1.82) is 0 Å². The van der Waals surface area contributed by atoms with Gasteiger partial charge in [0, 0.05) is 12.1 Å². The van der Waals surface area contributed by atoms with E-state index in [0.717, 1.165) is 5.56 Å². The molecule has 0 amide bonds. The zero-order valence-electron chi connectivity index (χ0n) is 15.9. The summed E-state index contributed by atoms with van der Waals surface area (Å²) in [4.78, 5) is 4.42. The highest BCUT2D eigenvalue weighted by molar-refractivity contribution is 7.98. The van der Waals surface area contributed by atoms with Crippen molar-refractivity contribution in [3.8, 4) is 17.1 Å². The minimum Gasteiger partial charge on any atom is -0.483 e. The van der Waals surface area contributed by atoms with E-state index < -0.39 is 5.82 Å². The van der Waals surface area contributed by atoms with E-state index in [-0.39, 0.29) is 12.4 Å². The highest BCUT2D eigenvalue weighted by atomic mass is 32.2. The molecule has 9 heteroatoms. The number of benzene rings is 2. The summed E-state index contributed by atoms with van der Waals surface area (Å²) in [6.45, 7) is 4.35. The van der Waals surface area contributed by atoms with Crippen molar-refractivity contribution in [2.24, 2.45) is 0 Å². The maximum atomic E-state index is 13.8. The highest BCUT2D eigenvalue weighted by Crippen LogP contribution is 2.24. The molecule has 7 nitrogen and oxygen atoms in total. The summed E-state index contributed by atoms with van der Waals surface area (Å²) in [5.41, 5.74) is 0.889. The van der Waals surface area contributed by atoms with E-state index in [2.05, 4.69) is 26.9 Å². The molecule has 0 aliphatic rings. The van der Waals surface area contributed by atoms with Gasteiger partial charge >= 0.3 is 0 Å². The van der Waals surface area contributed by atoms with Crippen LogP contribution in [0, 0.1) is 5.82 Å². The molecule has 2 aromatic heterocycles. The maximum absolute atomic E-state index is 13.8. The van der Waals surface area contributed by atoms with Gasteiger partial charge < -0.3 is 9.26 Å². The number of thioether (sulfide) groups is 1. The van der Waals surface area contributed by atoms with Crippen LogP contribution in [0.15, 0.2) is 76.9 Å². The molecule has 0 aliphatic carbocycles. The second-order valence-electron chi connectivity index (χ2n) is 6.18. The van der Waals surface area contributed by atoms with Crippen LogP contribution in [-0.2, 0) is 18.9 Å². The van der Waals surface area contributed by atoms with E-state index in [4.69, 9.17) is 9.26 Å². The van der Waals surface area contributed by atoms with Crippen LogP contribution in [0.2, 0.25) is 0 Å². The number of rotatable bonds is 9. The fourth-order valence-electron chi connectivity index (χ4n) is 2.69. The summed E-state index contributed by atoms with van der Waals surface area (Å²) in [6, 6.07) is 15.8. The van der Waals surface area contributed by atoms with E-state index in [0.29, 0.717) is 35.0 Å². The molecule has 0 spiro atoms. The molecule has 30 heavy (non-hydrogen) atoms. The van der Waals surface area contributed by atoms with Crippen molar-refractivity contribution in [3.05, 3.63) is 84.8 Å². The van der Waals surface area contributed by atoms with Crippen LogP contribution in [0.3, 0.4) is 0 Å².